The zero-order chi connectivity index (χ0) is 15.8. The van der Waals surface area contributed by atoms with E-state index in [1.807, 2.05) is 36.4 Å². The van der Waals surface area contributed by atoms with Crippen LogP contribution in [0.4, 0.5) is 4.79 Å². The number of urea groups is 1. The van der Waals surface area contributed by atoms with Gasteiger partial charge in [0.15, 0.2) is 0 Å². The minimum Gasteiger partial charge on any atom is -0.387 e. The highest BCUT2D eigenvalue weighted by Gasteiger charge is 2.27. The van der Waals surface area contributed by atoms with Gasteiger partial charge in [0.05, 0.1) is 5.70 Å². The van der Waals surface area contributed by atoms with Gasteiger partial charge in [0.1, 0.15) is 0 Å². The molecule has 2 rings (SSSR count). The topological polar surface area (TPSA) is 61.4 Å². The molecular formula is C16H18IN3O2. The molecular weight excluding hydrogens is 393 g/mol. The summed E-state index contributed by atoms with van der Waals surface area (Å²) >= 11 is 2.18. The van der Waals surface area contributed by atoms with Gasteiger partial charge in [-0.1, -0.05) is 59.0 Å². The van der Waals surface area contributed by atoms with Crippen LogP contribution in [0.3, 0.4) is 0 Å². The third-order valence-electron chi connectivity index (χ3n) is 3.13. The van der Waals surface area contributed by atoms with Gasteiger partial charge in [0.2, 0.25) is 5.91 Å². The van der Waals surface area contributed by atoms with Gasteiger partial charge in [-0.15, -0.1) is 0 Å². The number of alkyl halides is 1. The van der Waals surface area contributed by atoms with Crippen LogP contribution in [0.15, 0.2) is 54.4 Å². The Morgan fingerprint density at radius 3 is 2.77 bits per heavy atom. The largest absolute Gasteiger partial charge is 0.387 e. The molecule has 6 heteroatoms. The molecule has 5 nitrogen and oxygen atoms in total. The summed E-state index contributed by atoms with van der Waals surface area (Å²) in [7, 11) is 0. The second-order valence-corrected chi connectivity index (χ2v) is 5.57. The number of hydrogen-bond acceptors (Lipinski definition) is 3. The summed E-state index contributed by atoms with van der Waals surface area (Å²) < 4.78 is 0.715. The number of carbonyl (C=O) groups is 2. The first-order valence-corrected chi connectivity index (χ1v) is 8.55. The van der Waals surface area contributed by atoms with Crippen LogP contribution in [-0.4, -0.2) is 27.8 Å². The zero-order valence-electron chi connectivity index (χ0n) is 12.1. The van der Waals surface area contributed by atoms with Gasteiger partial charge in [-0.2, -0.15) is 0 Å². The van der Waals surface area contributed by atoms with Gasteiger partial charge in [0.25, 0.3) is 0 Å². The van der Waals surface area contributed by atoms with Crippen molar-refractivity contribution in [1.29, 1.82) is 0 Å². The molecule has 0 aromatic heterocycles. The quantitative estimate of drug-likeness (QED) is 0.430. The molecule has 1 aliphatic heterocycles. The average molecular weight is 411 g/mol. The Labute approximate surface area is 143 Å². The molecule has 22 heavy (non-hydrogen) atoms. The molecule has 1 aromatic rings. The maximum absolute atomic E-state index is 11.9. The molecule has 3 amide bonds. The number of nitrogens with one attached hydrogen (secondary N) is 2. The number of allylic oxidation sites excluding steroid dienone is 2. The van der Waals surface area contributed by atoms with E-state index in [2.05, 4.69) is 33.2 Å². The molecule has 0 bridgehead atoms. The Balaban J connectivity index is 1.99. The van der Waals surface area contributed by atoms with E-state index in [1.165, 1.54) is 10.5 Å². The molecule has 0 radical (unpaired) electrons. The predicted molar refractivity (Wildman–Crippen MR) is 94.3 cm³/mol. The van der Waals surface area contributed by atoms with E-state index >= 15 is 0 Å². The Bertz CT molecular complexity index is 568. The number of carbonyl (C=O) groups excluding carboxylic acids is 2. The first-order chi connectivity index (χ1) is 10.7. The molecule has 116 valence electrons. The number of nitrogens with zero attached hydrogens (tertiary/aromatic N) is 1. The molecule has 0 atom stereocenters. The van der Waals surface area contributed by atoms with Gasteiger partial charge in [-0.05, 0) is 17.8 Å². The van der Waals surface area contributed by atoms with Crippen molar-refractivity contribution in [2.45, 2.75) is 13.0 Å². The number of benzene rings is 1. The van der Waals surface area contributed by atoms with Crippen molar-refractivity contribution in [2.75, 3.05) is 11.0 Å². The Morgan fingerprint density at radius 1 is 1.32 bits per heavy atom. The summed E-state index contributed by atoms with van der Waals surface area (Å²) in [5, 5.41) is 5.85. The van der Waals surface area contributed by atoms with Gasteiger partial charge >= 0.3 is 6.03 Å². The summed E-state index contributed by atoms with van der Waals surface area (Å²) in [6.07, 6.45) is 5.70. The van der Waals surface area contributed by atoms with Crippen molar-refractivity contribution in [3.8, 4) is 0 Å². The van der Waals surface area contributed by atoms with Gasteiger partial charge in [-0.25, -0.2) is 9.69 Å². The van der Waals surface area contributed by atoms with Gasteiger partial charge in [0, 0.05) is 23.9 Å². The fourth-order valence-electron chi connectivity index (χ4n) is 2.07. The van der Waals surface area contributed by atoms with Crippen molar-refractivity contribution in [3.63, 3.8) is 0 Å². The van der Waals surface area contributed by atoms with E-state index < -0.39 is 0 Å². The molecule has 1 aromatic carbocycles. The summed E-state index contributed by atoms with van der Waals surface area (Å²) in [6.45, 7) is 1.09. The Kier molecular flexibility index (Phi) is 6.45. The molecule has 0 aliphatic carbocycles. The van der Waals surface area contributed by atoms with Crippen LogP contribution in [0.2, 0.25) is 0 Å². The van der Waals surface area contributed by atoms with Crippen molar-refractivity contribution < 1.29 is 9.59 Å². The van der Waals surface area contributed by atoms with Crippen LogP contribution >= 0.6 is 22.6 Å². The highest BCUT2D eigenvalue weighted by Crippen LogP contribution is 2.13. The average Bonchev–Trinajstić information content (AvgIpc) is 2.52. The number of imide groups is 1. The van der Waals surface area contributed by atoms with Crippen LogP contribution in [0.1, 0.15) is 12.0 Å². The van der Waals surface area contributed by atoms with Crippen molar-refractivity contribution >= 4 is 34.5 Å². The number of halogens is 1. The lowest BCUT2D eigenvalue weighted by Crippen LogP contribution is -2.49. The predicted octanol–water partition coefficient (Wildman–Crippen LogP) is 2.55. The Morgan fingerprint density at radius 2 is 2.09 bits per heavy atom. The fourth-order valence-corrected chi connectivity index (χ4v) is 2.52. The van der Waals surface area contributed by atoms with E-state index in [9.17, 15) is 9.59 Å². The van der Waals surface area contributed by atoms with E-state index in [4.69, 9.17) is 0 Å². The normalized spacial score (nSPS) is 16.0. The number of amides is 3. The van der Waals surface area contributed by atoms with Crippen molar-refractivity contribution in [1.82, 2.24) is 15.5 Å². The lowest BCUT2D eigenvalue weighted by molar-refractivity contribution is -0.127. The summed E-state index contributed by atoms with van der Waals surface area (Å²) in [6, 6.07) is 9.65. The Hall–Kier alpha value is -1.83. The highest BCUT2D eigenvalue weighted by atomic mass is 127. The molecule has 1 saturated heterocycles. The minimum atomic E-state index is -0.361. The maximum Gasteiger partial charge on any atom is 0.328 e. The molecule has 0 unspecified atom stereocenters. The van der Waals surface area contributed by atoms with E-state index in [0.29, 0.717) is 29.6 Å². The molecule has 1 aliphatic rings. The standard InChI is InChI=1S/C16H18IN3O2/c17-9-6-14(20-15(21)8-11-19-16(20)22)7-10-18-12-13-4-2-1-3-5-13/h1-7,10,18H,8-9,11-12H2,(H,19,22)/b10-7-,14-6+. The SMILES string of the molecule is O=C1CCNC(=O)N1C(/C=C\NCc1ccccc1)=C/CI. The van der Waals surface area contributed by atoms with Crippen LogP contribution in [0, 0.1) is 0 Å². The molecule has 1 fully saturated rings. The van der Waals surface area contributed by atoms with Crippen LogP contribution in [-0.2, 0) is 11.3 Å². The molecule has 2 N–H and O–H groups in total. The first-order valence-electron chi connectivity index (χ1n) is 7.03. The van der Waals surface area contributed by atoms with Gasteiger partial charge < -0.3 is 10.6 Å². The third kappa shape index (κ3) is 4.59. The minimum absolute atomic E-state index is 0.174. The summed E-state index contributed by atoms with van der Waals surface area (Å²) in [4.78, 5) is 25.0. The second kappa shape index (κ2) is 8.57. The van der Waals surface area contributed by atoms with Crippen LogP contribution in [0.5, 0.6) is 0 Å². The molecule has 0 saturated carbocycles. The highest BCUT2D eigenvalue weighted by molar-refractivity contribution is 14.1. The van der Waals surface area contributed by atoms with E-state index in [1.54, 1.807) is 12.3 Å². The lowest BCUT2D eigenvalue weighted by Gasteiger charge is -2.26. The first kappa shape index (κ1) is 16.5. The lowest BCUT2D eigenvalue weighted by atomic mass is 10.2. The van der Waals surface area contributed by atoms with E-state index in [0.717, 1.165) is 0 Å². The second-order valence-electron chi connectivity index (χ2n) is 4.69. The van der Waals surface area contributed by atoms with E-state index in [-0.39, 0.29) is 11.9 Å². The monoisotopic (exact) mass is 411 g/mol. The molecule has 1 heterocycles. The maximum atomic E-state index is 11.9. The van der Waals surface area contributed by atoms with Crippen LogP contribution < -0.4 is 10.6 Å². The smallest absolute Gasteiger partial charge is 0.328 e. The summed E-state index contributed by atoms with van der Waals surface area (Å²) in [5.41, 5.74) is 1.76. The number of rotatable bonds is 6. The fraction of sp³-hybridized carbons (Fsp3) is 0.250. The van der Waals surface area contributed by atoms with Crippen molar-refractivity contribution in [3.05, 3.63) is 59.9 Å². The van der Waals surface area contributed by atoms with Crippen molar-refractivity contribution in [2.24, 2.45) is 0 Å². The summed E-state index contributed by atoms with van der Waals surface area (Å²) in [5.74, 6) is -0.174. The van der Waals surface area contributed by atoms with Crippen LogP contribution in [0.25, 0.3) is 0 Å². The third-order valence-corrected chi connectivity index (χ3v) is 3.57. The van der Waals surface area contributed by atoms with Gasteiger partial charge in [-0.3, -0.25) is 4.79 Å². The number of hydrogen-bond donors (Lipinski definition) is 2. The zero-order valence-corrected chi connectivity index (χ0v) is 14.2. The molecule has 0 spiro atoms.